The Bertz CT molecular complexity index is 377. The second-order valence-electron chi connectivity index (χ2n) is 3.70. The zero-order valence-corrected chi connectivity index (χ0v) is 10.6. The lowest BCUT2D eigenvalue weighted by molar-refractivity contribution is -0.117. The molecule has 0 atom stereocenters. The van der Waals surface area contributed by atoms with Crippen molar-refractivity contribution in [2.45, 2.75) is 20.3 Å². The van der Waals surface area contributed by atoms with Gasteiger partial charge in [-0.05, 0) is 31.5 Å². The summed E-state index contributed by atoms with van der Waals surface area (Å²) < 4.78 is 10.3. The summed E-state index contributed by atoms with van der Waals surface area (Å²) in [5, 5.41) is 2.82. The average Bonchev–Trinajstić information content (AvgIpc) is 2.29. The van der Waals surface area contributed by atoms with Crippen LogP contribution in [-0.2, 0) is 9.53 Å². The zero-order valence-electron chi connectivity index (χ0n) is 10.6. The first-order chi connectivity index (χ1) is 8.17. The number of hydrogen-bond donors (Lipinski definition) is 1. The van der Waals surface area contributed by atoms with E-state index in [4.69, 9.17) is 9.47 Å². The minimum absolute atomic E-state index is 0.0673. The lowest BCUT2D eigenvalue weighted by atomic mass is 10.2. The fraction of sp³-hybridized carbons (Fsp3) is 0.462. The summed E-state index contributed by atoms with van der Waals surface area (Å²) >= 11 is 0. The van der Waals surface area contributed by atoms with Crippen molar-refractivity contribution < 1.29 is 14.3 Å². The van der Waals surface area contributed by atoms with Gasteiger partial charge in [-0.25, -0.2) is 0 Å². The molecular weight excluding hydrogens is 218 g/mol. The first-order valence-electron chi connectivity index (χ1n) is 5.69. The third kappa shape index (κ3) is 4.44. The van der Waals surface area contributed by atoms with Crippen LogP contribution in [-0.4, -0.2) is 26.2 Å². The maximum absolute atomic E-state index is 11.6. The quantitative estimate of drug-likeness (QED) is 0.773. The highest BCUT2D eigenvalue weighted by atomic mass is 16.5. The Morgan fingerprint density at radius 1 is 1.41 bits per heavy atom. The molecule has 1 aromatic rings. The third-order valence-corrected chi connectivity index (χ3v) is 2.31. The number of rotatable bonds is 6. The molecule has 0 saturated heterocycles. The van der Waals surface area contributed by atoms with Crippen LogP contribution in [0.4, 0.5) is 5.69 Å². The van der Waals surface area contributed by atoms with Crippen LogP contribution in [0.25, 0.3) is 0 Å². The Morgan fingerprint density at radius 2 is 2.18 bits per heavy atom. The van der Waals surface area contributed by atoms with E-state index in [9.17, 15) is 4.79 Å². The second-order valence-corrected chi connectivity index (χ2v) is 3.70. The molecule has 4 heteroatoms. The van der Waals surface area contributed by atoms with E-state index in [1.807, 2.05) is 32.0 Å². The molecule has 0 aromatic heterocycles. The maximum Gasteiger partial charge on any atom is 0.226 e. The van der Waals surface area contributed by atoms with Gasteiger partial charge in [-0.2, -0.15) is 0 Å². The van der Waals surface area contributed by atoms with Crippen LogP contribution in [0, 0.1) is 6.92 Å². The van der Waals surface area contributed by atoms with Crippen LogP contribution in [0.15, 0.2) is 18.2 Å². The van der Waals surface area contributed by atoms with Gasteiger partial charge in [-0.15, -0.1) is 0 Å². The summed E-state index contributed by atoms with van der Waals surface area (Å²) in [6, 6.07) is 5.67. The molecule has 0 bridgehead atoms. The summed E-state index contributed by atoms with van der Waals surface area (Å²) in [4.78, 5) is 11.6. The molecule has 94 valence electrons. The van der Waals surface area contributed by atoms with Gasteiger partial charge in [0.15, 0.2) is 0 Å². The van der Waals surface area contributed by atoms with Crippen LogP contribution >= 0.6 is 0 Å². The van der Waals surface area contributed by atoms with Crippen LogP contribution < -0.4 is 10.1 Å². The Balaban J connectivity index is 2.60. The van der Waals surface area contributed by atoms with Crippen LogP contribution in [0.5, 0.6) is 5.75 Å². The largest absolute Gasteiger partial charge is 0.495 e. The Hall–Kier alpha value is -1.55. The minimum Gasteiger partial charge on any atom is -0.495 e. The fourth-order valence-electron chi connectivity index (χ4n) is 1.44. The molecule has 0 heterocycles. The van der Waals surface area contributed by atoms with E-state index in [0.717, 1.165) is 5.56 Å². The van der Waals surface area contributed by atoms with Crippen molar-refractivity contribution in [2.75, 3.05) is 25.6 Å². The van der Waals surface area contributed by atoms with Crippen molar-refractivity contribution in [1.29, 1.82) is 0 Å². The molecule has 4 nitrogen and oxygen atoms in total. The molecule has 0 aliphatic carbocycles. The van der Waals surface area contributed by atoms with E-state index in [0.29, 0.717) is 31.1 Å². The van der Waals surface area contributed by atoms with Gasteiger partial charge in [0.2, 0.25) is 5.91 Å². The van der Waals surface area contributed by atoms with Gasteiger partial charge >= 0.3 is 0 Å². The number of carbonyl (C=O) groups excluding carboxylic acids is 1. The summed E-state index contributed by atoms with van der Waals surface area (Å²) in [6.07, 6.45) is 0.352. The van der Waals surface area contributed by atoms with Crippen molar-refractivity contribution in [2.24, 2.45) is 0 Å². The van der Waals surface area contributed by atoms with Crippen molar-refractivity contribution in [3.05, 3.63) is 23.8 Å². The van der Waals surface area contributed by atoms with E-state index in [1.54, 1.807) is 7.11 Å². The van der Waals surface area contributed by atoms with Gasteiger partial charge in [0.25, 0.3) is 0 Å². The molecule has 0 aliphatic rings. The molecule has 1 rings (SSSR count). The van der Waals surface area contributed by atoms with Gasteiger partial charge in [0, 0.05) is 6.61 Å². The highest BCUT2D eigenvalue weighted by Gasteiger charge is 2.07. The molecule has 1 amide bonds. The number of carbonyl (C=O) groups is 1. The molecule has 0 radical (unpaired) electrons. The minimum atomic E-state index is -0.0673. The lowest BCUT2D eigenvalue weighted by Gasteiger charge is -2.10. The third-order valence-electron chi connectivity index (χ3n) is 2.31. The molecule has 17 heavy (non-hydrogen) atoms. The molecule has 1 aromatic carbocycles. The summed E-state index contributed by atoms with van der Waals surface area (Å²) in [5.41, 5.74) is 1.78. The number of methoxy groups -OCH3 is 1. The first-order valence-corrected chi connectivity index (χ1v) is 5.69. The van der Waals surface area contributed by atoms with E-state index >= 15 is 0 Å². The summed E-state index contributed by atoms with van der Waals surface area (Å²) in [6.45, 7) is 4.94. The SMILES string of the molecule is CCOCCC(=O)Nc1cc(C)ccc1OC. The van der Waals surface area contributed by atoms with Crippen LogP contribution in [0.1, 0.15) is 18.9 Å². The molecule has 1 N–H and O–H groups in total. The number of benzene rings is 1. The van der Waals surface area contributed by atoms with E-state index in [1.165, 1.54) is 0 Å². The normalized spacial score (nSPS) is 10.1. The van der Waals surface area contributed by atoms with Crippen molar-refractivity contribution in [3.63, 3.8) is 0 Å². The summed E-state index contributed by atoms with van der Waals surface area (Å²) in [5.74, 6) is 0.600. The van der Waals surface area contributed by atoms with Crippen LogP contribution in [0.3, 0.4) is 0 Å². The molecule has 0 aliphatic heterocycles. The fourth-order valence-corrected chi connectivity index (χ4v) is 1.44. The highest BCUT2D eigenvalue weighted by Crippen LogP contribution is 2.25. The molecule has 0 unspecified atom stereocenters. The van der Waals surface area contributed by atoms with Crippen LogP contribution in [0.2, 0.25) is 0 Å². The number of nitrogens with one attached hydrogen (secondary N) is 1. The Labute approximate surface area is 102 Å². The van der Waals surface area contributed by atoms with Gasteiger partial charge in [-0.3, -0.25) is 4.79 Å². The standard InChI is InChI=1S/C13H19NO3/c1-4-17-8-7-13(15)14-11-9-10(2)5-6-12(11)16-3/h5-6,9H,4,7-8H2,1-3H3,(H,14,15). The Kier molecular flexibility index (Phi) is 5.49. The van der Waals surface area contributed by atoms with Gasteiger partial charge in [0.05, 0.1) is 25.8 Å². The van der Waals surface area contributed by atoms with Gasteiger partial charge in [0.1, 0.15) is 5.75 Å². The number of anilines is 1. The predicted octanol–water partition coefficient (Wildman–Crippen LogP) is 2.37. The van der Waals surface area contributed by atoms with Crippen molar-refractivity contribution >= 4 is 11.6 Å². The van der Waals surface area contributed by atoms with E-state index < -0.39 is 0 Å². The lowest BCUT2D eigenvalue weighted by Crippen LogP contribution is -2.14. The smallest absolute Gasteiger partial charge is 0.226 e. The first kappa shape index (κ1) is 13.5. The molecule has 0 fully saturated rings. The van der Waals surface area contributed by atoms with Crippen molar-refractivity contribution in [1.82, 2.24) is 0 Å². The zero-order chi connectivity index (χ0) is 12.7. The van der Waals surface area contributed by atoms with Crippen molar-refractivity contribution in [3.8, 4) is 5.75 Å². The maximum atomic E-state index is 11.6. The van der Waals surface area contributed by atoms with E-state index in [-0.39, 0.29) is 5.91 Å². The average molecular weight is 237 g/mol. The number of ether oxygens (including phenoxy) is 2. The van der Waals surface area contributed by atoms with E-state index in [2.05, 4.69) is 5.32 Å². The van der Waals surface area contributed by atoms with Gasteiger partial charge < -0.3 is 14.8 Å². The van der Waals surface area contributed by atoms with Gasteiger partial charge in [-0.1, -0.05) is 6.07 Å². The topological polar surface area (TPSA) is 47.6 Å². The summed E-state index contributed by atoms with van der Waals surface area (Å²) in [7, 11) is 1.58. The number of hydrogen-bond acceptors (Lipinski definition) is 3. The monoisotopic (exact) mass is 237 g/mol. The number of amides is 1. The number of aryl methyl sites for hydroxylation is 1. The Morgan fingerprint density at radius 3 is 2.82 bits per heavy atom. The second kappa shape index (κ2) is 6.91. The molecular formula is C13H19NO3. The molecule has 0 saturated carbocycles. The molecule has 0 spiro atoms. The highest BCUT2D eigenvalue weighted by molar-refractivity contribution is 5.92. The predicted molar refractivity (Wildman–Crippen MR) is 67.5 cm³/mol.